The lowest BCUT2D eigenvalue weighted by Gasteiger charge is -2.39. The molecule has 2 heterocycles. The summed E-state index contributed by atoms with van der Waals surface area (Å²) >= 11 is 0. The normalized spacial score (nSPS) is 20.5. The molecule has 0 bridgehead atoms. The molecule has 0 amide bonds. The van der Waals surface area contributed by atoms with Gasteiger partial charge in [0.2, 0.25) is 0 Å². The van der Waals surface area contributed by atoms with Crippen molar-refractivity contribution < 1.29 is 4.74 Å². The monoisotopic (exact) mass is 310 g/mol. The lowest BCUT2D eigenvalue weighted by Crippen LogP contribution is -2.52. The summed E-state index contributed by atoms with van der Waals surface area (Å²) in [5.74, 6) is 0. The Bertz CT molecular complexity index is 622. The van der Waals surface area contributed by atoms with Gasteiger partial charge >= 0.3 is 5.69 Å². The third-order valence-electron chi connectivity index (χ3n) is 4.44. The second-order valence-electron chi connectivity index (χ2n) is 5.99. The Kier molecular flexibility index (Phi) is 5.55. The zero-order chi connectivity index (χ0) is 16.3. The van der Waals surface area contributed by atoms with Crippen molar-refractivity contribution in [1.29, 1.82) is 0 Å². The van der Waals surface area contributed by atoms with Gasteiger partial charge in [0.1, 0.15) is 0 Å². The number of hydrogen-bond acceptors (Lipinski definition) is 5. The van der Waals surface area contributed by atoms with Crippen LogP contribution in [0.1, 0.15) is 12.6 Å². The van der Waals surface area contributed by atoms with E-state index in [-0.39, 0.29) is 11.2 Å². The molecule has 1 aromatic heterocycles. The van der Waals surface area contributed by atoms with Crippen LogP contribution in [0, 0.1) is 0 Å². The van der Waals surface area contributed by atoms with Crippen LogP contribution in [0.5, 0.6) is 0 Å². The minimum Gasteiger partial charge on any atom is -0.383 e. The molecule has 1 saturated heterocycles. The van der Waals surface area contributed by atoms with Crippen LogP contribution in [-0.2, 0) is 25.4 Å². The second kappa shape index (κ2) is 7.21. The SMILES string of the molecule is COCCN1CCN(Cc2cc(=O)n(C)c(=O)n2C)C[C@H]1C. The maximum Gasteiger partial charge on any atom is 0.330 e. The minimum atomic E-state index is -0.269. The van der Waals surface area contributed by atoms with E-state index in [1.165, 1.54) is 7.05 Å². The van der Waals surface area contributed by atoms with Gasteiger partial charge in [0, 0.05) is 71.7 Å². The summed E-state index contributed by atoms with van der Waals surface area (Å²) in [6, 6.07) is 2.00. The number of piperazine rings is 1. The Hall–Kier alpha value is -1.44. The lowest BCUT2D eigenvalue weighted by molar-refractivity contribution is 0.0546. The summed E-state index contributed by atoms with van der Waals surface area (Å²) in [5.41, 5.74) is 0.254. The highest BCUT2D eigenvalue weighted by Gasteiger charge is 2.23. The van der Waals surface area contributed by atoms with Gasteiger partial charge in [0.05, 0.1) is 6.61 Å². The predicted molar refractivity (Wildman–Crippen MR) is 85.1 cm³/mol. The summed E-state index contributed by atoms with van der Waals surface area (Å²) in [6.45, 7) is 7.34. The fourth-order valence-electron chi connectivity index (χ4n) is 2.91. The van der Waals surface area contributed by atoms with Crippen molar-refractivity contribution in [2.75, 3.05) is 39.9 Å². The number of aromatic nitrogens is 2. The van der Waals surface area contributed by atoms with E-state index in [1.807, 2.05) is 0 Å². The van der Waals surface area contributed by atoms with Crippen LogP contribution >= 0.6 is 0 Å². The van der Waals surface area contributed by atoms with E-state index in [9.17, 15) is 9.59 Å². The molecule has 0 saturated carbocycles. The number of hydrogen-bond donors (Lipinski definition) is 0. The second-order valence-corrected chi connectivity index (χ2v) is 5.99. The molecule has 2 rings (SSSR count). The fraction of sp³-hybridized carbons (Fsp3) is 0.733. The van der Waals surface area contributed by atoms with E-state index < -0.39 is 0 Å². The maximum absolute atomic E-state index is 12.0. The molecule has 0 spiro atoms. The van der Waals surface area contributed by atoms with Crippen LogP contribution in [0.15, 0.2) is 15.7 Å². The molecule has 1 atom stereocenters. The molecule has 7 heteroatoms. The molecular formula is C15H26N4O3. The summed E-state index contributed by atoms with van der Waals surface area (Å²) in [5, 5.41) is 0. The lowest BCUT2D eigenvalue weighted by atomic mass is 10.2. The van der Waals surface area contributed by atoms with Crippen molar-refractivity contribution in [3.63, 3.8) is 0 Å². The summed E-state index contributed by atoms with van der Waals surface area (Å²) in [4.78, 5) is 28.5. The highest BCUT2D eigenvalue weighted by molar-refractivity contribution is 5.02. The van der Waals surface area contributed by atoms with Crippen LogP contribution < -0.4 is 11.2 Å². The van der Waals surface area contributed by atoms with Gasteiger partial charge in [0.15, 0.2) is 0 Å². The highest BCUT2D eigenvalue weighted by atomic mass is 16.5. The molecule has 22 heavy (non-hydrogen) atoms. The third-order valence-corrected chi connectivity index (χ3v) is 4.44. The molecule has 1 aliphatic heterocycles. The first-order valence-corrected chi connectivity index (χ1v) is 7.65. The predicted octanol–water partition coefficient (Wildman–Crippen LogP) is -0.763. The fourth-order valence-corrected chi connectivity index (χ4v) is 2.91. The van der Waals surface area contributed by atoms with Crippen LogP contribution in [-0.4, -0.2) is 64.9 Å². The van der Waals surface area contributed by atoms with Gasteiger partial charge in [-0.3, -0.25) is 23.7 Å². The van der Waals surface area contributed by atoms with Crippen LogP contribution in [0.25, 0.3) is 0 Å². The molecular weight excluding hydrogens is 284 g/mol. The van der Waals surface area contributed by atoms with Crippen molar-refractivity contribution in [2.45, 2.75) is 19.5 Å². The number of methoxy groups -OCH3 is 1. The summed E-state index contributed by atoms with van der Waals surface area (Å²) in [6.07, 6.45) is 0. The van der Waals surface area contributed by atoms with Crippen molar-refractivity contribution in [3.8, 4) is 0 Å². The Balaban J connectivity index is 2.04. The van der Waals surface area contributed by atoms with Crippen molar-refractivity contribution >= 4 is 0 Å². The molecule has 124 valence electrons. The number of ether oxygens (including phenoxy) is 1. The van der Waals surface area contributed by atoms with Gasteiger partial charge < -0.3 is 4.74 Å². The van der Waals surface area contributed by atoms with Gasteiger partial charge in [-0.2, -0.15) is 0 Å². The standard InChI is InChI=1S/C15H26N4O3/c1-12-10-18(5-6-19(12)7-8-22-4)11-13-9-14(20)17(3)15(21)16(13)2/h9,12H,5-8,10-11H2,1-4H3/t12-/m1/s1. The Morgan fingerprint density at radius 1 is 1.23 bits per heavy atom. The van der Waals surface area contributed by atoms with Crippen molar-refractivity contribution in [1.82, 2.24) is 18.9 Å². The van der Waals surface area contributed by atoms with Gasteiger partial charge in [-0.15, -0.1) is 0 Å². The first-order chi connectivity index (χ1) is 10.4. The van der Waals surface area contributed by atoms with Gasteiger partial charge in [-0.1, -0.05) is 0 Å². The third kappa shape index (κ3) is 3.66. The smallest absolute Gasteiger partial charge is 0.330 e. The first kappa shape index (κ1) is 16.9. The van der Waals surface area contributed by atoms with Crippen LogP contribution in [0.4, 0.5) is 0 Å². The van der Waals surface area contributed by atoms with E-state index >= 15 is 0 Å². The largest absolute Gasteiger partial charge is 0.383 e. The van der Waals surface area contributed by atoms with Crippen LogP contribution in [0.2, 0.25) is 0 Å². The Morgan fingerprint density at radius 3 is 2.59 bits per heavy atom. The van der Waals surface area contributed by atoms with Crippen molar-refractivity contribution in [2.24, 2.45) is 14.1 Å². The summed E-state index contributed by atoms with van der Waals surface area (Å²) < 4.78 is 7.83. The molecule has 0 radical (unpaired) electrons. The maximum atomic E-state index is 12.0. The first-order valence-electron chi connectivity index (χ1n) is 7.65. The molecule has 0 aliphatic carbocycles. The van der Waals surface area contributed by atoms with Crippen molar-refractivity contribution in [3.05, 3.63) is 32.6 Å². The zero-order valence-electron chi connectivity index (χ0n) is 13.9. The van der Waals surface area contributed by atoms with Gasteiger partial charge in [-0.25, -0.2) is 4.79 Å². The Morgan fingerprint density at radius 2 is 1.95 bits per heavy atom. The van der Waals surface area contributed by atoms with E-state index in [4.69, 9.17) is 4.74 Å². The van der Waals surface area contributed by atoms with E-state index in [2.05, 4.69) is 16.7 Å². The molecule has 1 aromatic rings. The molecule has 0 aromatic carbocycles. The zero-order valence-corrected chi connectivity index (χ0v) is 13.9. The quantitative estimate of drug-likeness (QED) is 0.715. The molecule has 7 nitrogen and oxygen atoms in total. The van der Waals surface area contributed by atoms with E-state index in [0.29, 0.717) is 12.6 Å². The summed E-state index contributed by atoms with van der Waals surface area (Å²) in [7, 11) is 4.94. The highest BCUT2D eigenvalue weighted by Crippen LogP contribution is 2.11. The topological polar surface area (TPSA) is 59.7 Å². The minimum absolute atomic E-state index is 0.245. The van der Waals surface area contributed by atoms with E-state index in [0.717, 1.165) is 43.0 Å². The van der Waals surface area contributed by atoms with E-state index in [1.54, 1.807) is 24.8 Å². The van der Waals surface area contributed by atoms with Crippen LogP contribution in [0.3, 0.4) is 0 Å². The molecule has 0 N–H and O–H groups in total. The van der Waals surface area contributed by atoms with Gasteiger partial charge in [-0.05, 0) is 6.92 Å². The average molecular weight is 310 g/mol. The Labute approximate surface area is 130 Å². The molecule has 1 aliphatic rings. The molecule has 1 fully saturated rings. The van der Waals surface area contributed by atoms with Gasteiger partial charge in [0.25, 0.3) is 5.56 Å². The number of nitrogens with zero attached hydrogens (tertiary/aromatic N) is 4. The average Bonchev–Trinajstić information content (AvgIpc) is 2.50. The molecule has 0 unspecified atom stereocenters. The number of rotatable bonds is 5.